The van der Waals surface area contributed by atoms with Crippen LogP contribution in [-0.4, -0.2) is 92.5 Å². The molecule has 160 valence electrons. The Labute approximate surface area is 170 Å². The SMILES string of the molecule is CCOC(=O)N1CCC2(CC(N3CCC(C4CCCN4CCOC)CC3)C2)C1. The number of methoxy groups -OCH3 is 1. The van der Waals surface area contributed by atoms with Gasteiger partial charge in [-0.15, -0.1) is 0 Å². The summed E-state index contributed by atoms with van der Waals surface area (Å²) in [6, 6.07) is 1.54. The molecule has 6 nitrogen and oxygen atoms in total. The van der Waals surface area contributed by atoms with E-state index in [9.17, 15) is 4.79 Å². The van der Waals surface area contributed by atoms with E-state index < -0.39 is 0 Å². The van der Waals surface area contributed by atoms with Gasteiger partial charge in [-0.2, -0.15) is 0 Å². The van der Waals surface area contributed by atoms with Crippen molar-refractivity contribution in [3.8, 4) is 0 Å². The largest absolute Gasteiger partial charge is 0.450 e. The quantitative estimate of drug-likeness (QED) is 0.694. The molecule has 1 amide bonds. The average Bonchev–Trinajstić information content (AvgIpc) is 3.33. The van der Waals surface area contributed by atoms with E-state index in [0.717, 1.165) is 50.7 Å². The number of ether oxygens (including phenoxy) is 2. The highest BCUT2D eigenvalue weighted by molar-refractivity contribution is 5.68. The second-order valence-electron chi connectivity index (χ2n) is 9.54. The summed E-state index contributed by atoms with van der Waals surface area (Å²) < 4.78 is 10.5. The molecule has 4 aliphatic rings. The van der Waals surface area contributed by atoms with Gasteiger partial charge in [-0.05, 0) is 82.8 Å². The fourth-order valence-corrected chi connectivity index (χ4v) is 6.38. The minimum Gasteiger partial charge on any atom is -0.450 e. The zero-order valence-electron chi connectivity index (χ0n) is 17.9. The molecule has 1 spiro atoms. The zero-order valence-corrected chi connectivity index (χ0v) is 17.9. The minimum absolute atomic E-state index is 0.113. The molecule has 0 N–H and O–H groups in total. The van der Waals surface area contributed by atoms with Gasteiger partial charge >= 0.3 is 6.09 Å². The highest BCUT2D eigenvalue weighted by Gasteiger charge is 2.51. The van der Waals surface area contributed by atoms with Gasteiger partial charge in [-0.25, -0.2) is 4.79 Å². The van der Waals surface area contributed by atoms with E-state index >= 15 is 0 Å². The van der Waals surface area contributed by atoms with E-state index in [1.165, 1.54) is 58.2 Å². The number of amides is 1. The molecule has 4 fully saturated rings. The summed E-state index contributed by atoms with van der Waals surface area (Å²) in [5.41, 5.74) is 0.386. The number of piperidine rings is 1. The molecule has 0 radical (unpaired) electrons. The lowest BCUT2D eigenvalue weighted by molar-refractivity contribution is -0.0166. The lowest BCUT2D eigenvalue weighted by Crippen LogP contribution is -2.55. The van der Waals surface area contributed by atoms with E-state index in [4.69, 9.17) is 9.47 Å². The monoisotopic (exact) mass is 393 g/mol. The summed E-state index contributed by atoms with van der Waals surface area (Å²) in [4.78, 5) is 19.4. The average molecular weight is 394 g/mol. The van der Waals surface area contributed by atoms with Crippen molar-refractivity contribution in [1.82, 2.24) is 14.7 Å². The Hall–Kier alpha value is -0.850. The van der Waals surface area contributed by atoms with Crippen LogP contribution >= 0.6 is 0 Å². The van der Waals surface area contributed by atoms with E-state index in [0.29, 0.717) is 12.0 Å². The number of nitrogens with zero attached hydrogens (tertiary/aromatic N) is 3. The maximum absolute atomic E-state index is 12.0. The van der Waals surface area contributed by atoms with Gasteiger partial charge in [0.1, 0.15) is 0 Å². The number of rotatable bonds is 6. The number of hydrogen-bond donors (Lipinski definition) is 0. The van der Waals surface area contributed by atoms with E-state index in [1.807, 2.05) is 18.9 Å². The van der Waals surface area contributed by atoms with Gasteiger partial charge in [-0.1, -0.05) is 0 Å². The molecular formula is C22H39N3O3. The van der Waals surface area contributed by atoms with E-state index in [2.05, 4.69) is 9.80 Å². The Morgan fingerprint density at radius 1 is 1.11 bits per heavy atom. The molecule has 4 rings (SSSR count). The van der Waals surface area contributed by atoms with E-state index in [1.54, 1.807) is 0 Å². The zero-order chi connectivity index (χ0) is 19.6. The van der Waals surface area contributed by atoms with Crippen molar-refractivity contribution in [2.75, 3.05) is 59.6 Å². The summed E-state index contributed by atoms with van der Waals surface area (Å²) in [5, 5.41) is 0. The maximum atomic E-state index is 12.0. The van der Waals surface area contributed by atoms with Crippen molar-refractivity contribution in [2.45, 2.75) is 64.0 Å². The second kappa shape index (κ2) is 8.88. The van der Waals surface area contributed by atoms with Crippen LogP contribution in [0.5, 0.6) is 0 Å². The highest BCUT2D eigenvalue weighted by atomic mass is 16.6. The lowest BCUT2D eigenvalue weighted by atomic mass is 9.64. The van der Waals surface area contributed by atoms with Crippen LogP contribution in [0.2, 0.25) is 0 Å². The molecular weight excluding hydrogens is 354 g/mol. The molecule has 1 atom stereocenters. The van der Waals surface area contributed by atoms with Crippen molar-refractivity contribution in [3.63, 3.8) is 0 Å². The molecule has 0 bridgehead atoms. The summed E-state index contributed by atoms with van der Waals surface area (Å²) >= 11 is 0. The predicted octanol–water partition coefficient (Wildman–Crippen LogP) is 2.82. The van der Waals surface area contributed by atoms with Gasteiger partial charge in [0.2, 0.25) is 0 Å². The lowest BCUT2D eigenvalue weighted by Gasteiger charge is -2.52. The fraction of sp³-hybridized carbons (Fsp3) is 0.955. The van der Waals surface area contributed by atoms with Crippen LogP contribution in [0.15, 0.2) is 0 Å². The molecule has 1 unspecified atom stereocenters. The Balaban J connectivity index is 1.20. The van der Waals surface area contributed by atoms with Gasteiger partial charge in [-0.3, -0.25) is 4.90 Å². The molecule has 3 saturated heterocycles. The molecule has 28 heavy (non-hydrogen) atoms. The van der Waals surface area contributed by atoms with Gasteiger partial charge in [0, 0.05) is 38.8 Å². The molecule has 1 saturated carbocycles. The summed E-state index contributed by atoms with van der Waals surface area (Å²) in [5.74, 6) is 0.871. The maximum Gasteiger partial charge on any atom is 0.409 e. The van der Waals surface area contributed by atoms with Crippen molar-refractivity contribution in [1.29, 1.82) is 0 Å². The van der Waals surface area contributed by atoms with Crippen LogP contribution < -0.4 is 0 Å². The molecule has 3 aliphatic heterocycles. The topological polar surface area (TPSA) is 45.2 Å². The van der Waals surface area contributed by atoms with Crippen molar-refractivity contribution in [2.24, 2.45) is 11.3 Å². The first-order valence-corrected chi connectivity index (χ1v) is 11.5. The second-order valence-corrected chi connectivity index (χ2v) is 9.54. The van der Waals surface area contributed by atoms with Gasteiger partial charge in [0.15, 0.2) is 0 Å². The van der Waals surface area contributed by atoms with Crippen molar-refractivity contribution >= 4 is 6.09 Å². The summed E-state index contributed by atoms with van der Waals surface area (Å²) in [7, 11) is 1.81. The molecule has 0 aromatic heterocycles. The molecule has 3 heterocycles. The van der Waals surface area contributed by atoms with Crippen LogP contribution in [-0.2, 0) is 9.47 Å². The Morgan fingerprint density at radius 2 is 1.89 bits per heavy atom. The van der Waals surface area contributed by atoms with Crippen LogP contribution in [0.25, 0.3) is 0 Å². The third kappa shape index (κ3) is 4.19. The van der Waals surface area contributed by atoms with Crippen molar-refractivity contribution < 1.29 is 14.3 Å². The summed E-state index contributed by atoms with van der Waals surface area (Å²) in [6.45, 7) is 9.91. The number of carbonyl (C=O) groups is 1. The van der Waals surface area contributed by atoms with Crippen LogP contribution in [0, 0.1) is 11.3 Å². The molecule has 0 aromatic rings. The predicted molar refractivity (Wildman–Crippen MR) is 109 cm³/mol. The Kier molecular flexibility index (Phi) is 6.48. The Morgan fingerprint density at radius 3 is 2.61 bits per heavy atom. The van der Waals surface area contributed by atoms with Gasteiger partial charge in [0.25, 0.3) is 0 Å². The summed E-state index contributed by atoms with van der Waals surface area (Å²) in [6.07, 6.45) is 9.04. The molecule has 6 heteroatoms. The Bertz CT molecular complexity index is 529. The third-order valence-corrected chi connectivity index (χ3v) is 7.93. The number of hydrogen-bond acceptors (Lipinski definition) is 5. The van der Waals surface area contributed by atoms with Gasteiger partial charge < -0.3 is 19.3 Å². The minimum atomic E-state index is -0.113. The van der Waals surface area contributed by atoms with E-state index in [-0.39, 0.29) is 6.09 Å². The molecule has 0 aromatic carbocycles. The first kappa shape index (κ1) is 20.4. The van der Waals surface area contributed by atoms with Crippen LogP contribution in [0.1, 0.15) is 51.9 Å². The molecule has 1 aliphatic carbocycles. The van der Waals surface area contributed by atoms with Crippen LogP contribution in [0.3, 0.4) is 0 Å². The standard InChI is InChI=1S/C22H39N3O3/c1-3-28-21(26)25-12-8-22(17-25)15-19(16-22)23-10-6-18(7-11-23)20-5-4-9-24(20)13-14-27-2/h18-20H,3-17H2,1-2H3. The van der Waals surface area contributed by atoms with Crippen molar-refractivity contribution in [3.05, 3.63) is 0 Å². The highest BCUT2D eigenvalue weighted by Crippen LogP contribution is 2.51. The number of likely N-dealkylation sites (tertiary alicyclic amines) is 3. The first-order valence-electron chi connectivity index (χ1n) is 11.5. The number of carbonyl (C=O) groups excluding carboxylic acids is 1. The normalized spacial score (nSPS) is 34.9. The smallest absolute Gasteiger partial charge is 0.409 e. The van der Waals surface area contributed by atoms with Crippen LogP contribution in [0.4, 0.5) is 4.79 Å². The third-order valence-electron chi connectivity index (χ3n) is 7.93. The first-order chi connectivity index (χ1) is 13.6. The van der Waals surface area contributed by atoms with Gasteiger partial charge in [0.05, 0.1) is 13.2 Å². The fourth-order valence-electron chi connectivity index (χ4n) is 6.38.